The SMILES string of the molecule is CC.CC1(C)CC(=O)C2=C(C1)Oc1ccccc1C2C1C(=O)CC(C)(C)CC1(C)O. The van der Waals surface area contributed by atoms with E-state index >= 15 is 0 Å². The van der Waals surface area contributed by atoms with Crippen LogP contribution < -0.4 is 4.74 Å². The average Bonchev–Trinajstić information content (AvgIpc) is 2.59. The molecule has 0 bridgehead atoms. The number of para-hydroxylation sites is 1. The number of Topliss-reactive ketones (excluding diaryl/α,β-unsaturated/α-hetero) is 2. The van der Waals surface area contributed by atoms with Crippen molar-refractivity contribution in [1.82, 2.24) is 0 Å². The molecule has 1 aromatic carbocycles. The molecule has 0 radical (unpaired) electrons. The van der Waals surface area contributed by atoms with Crippen molar-refractivity contribution in [2.24, 2.45) is 16.7 Å². The minimum absolute atomic E-state index is 0.0347. The molecule has 1 N–H and O–H groups in total. The summed E-state index contributed by atoms with van der Waals surface area (Å²) in [6, 6.07) is 7.63. The van der Waals surface area contributed by atoms with Crippen molar-refractivity contribution in [3.8, 4) is 5.75 Å². The lowest BCUT2D eigenvalue weighted by Crippen LogP contribution is -2.53. The van der Waals surface area contributed by atoms with Crippen LogP contribution in [0, 0.1) is 16.7 Å². The van der Waals surface area contributed by atoms with Gasteiger partial charge < -0.3 is 9.84 Å². The van der Waals surface area contributed by atoms with Gasteiger partial charge in [-0.2, -0.15) is 0 Å². The van der Waals surface area contributed by atoms with Gasteiger partial charge in [0, 0.05) is 36.3 Å². The molecule has 164 valence electrons. The van der Waals surface area contributed by atoms with Crippen LogP contribution in [0.3, 0.4) is 0 Å². The lowest BCUT2D eigenvalue weighted by molar-refractivity contribution is -0.146. The van der Waals surface area contributed by atoms with Crippen molar-refractivity contribution in [3.05, 3.63) is 41.2 Å². The first kappa shape index (κ1) is 22.7. The Morgan fingerprint density at radius 1 is 0.933 bits per heavy atom. The largest absolute Gasteiger partial charge is 0.461 e. The molecule has 0 saturated heterocycles. The second-order valence-corrected chi connectivity index (χ2v) is 10.7. The molecule has 4 heteroatoms. The lowest BCUT2D eigenvalue weighted by Gasteiger charge is -2.49. The number of rotatable bonds is 1. The molecule has 1 heterocycles. The van der Waals surface area contributed by atoms with E-state index in [-0.39, 0.29) is 22.4 Å². The average molecular weight is 413 g/mol. The fourth-order valence-electron chi connectivity index (χ4n) is 5.80. The van der Waals surface area contributed by atoms with Crippen LogP contribution in [0.5, 0.6) is 5.75 Å². The van der Waals surface area contributed by atoms with Gasteiger partial charge in [0.25, 0.3) is 0 Å². The number of hydrogen-bond donors (Lipinski definition) is 1. The summed E-state index contributed by atoms with van der Waals surface area (Å²) < 4.78 is 6.17. The van der Waals surface area contributed by atoms with Crippen molar-refractivity contribution in [2.45, 2.75) is 85.7 Å². The molecule has 0 amide bonds. The van der Waals surface area contributed by atoms with E-state index in [1.807, 2.05) is 52.0 Å². The van der Waals surface area contributed by atoms with Gasteiger partial charge in [-0.3, -0.25) is 9.59 Å². The lowest BCUT2D eigenvalue weighted by atomic mass is 9.57. The Kier molecular flexibility index (Phi) is 5.79. The molecule has 1 aliphatic heterocycles. The number of benzene rings is 1. The number of ether oxygens (including phenoxy) is 1. The molecular formula is C26H36O4. The minimum Gasteiger partial charge on any atom is -0.461 e. The Morgan fingerprint density at radius 3 is 2.20 bits per heavy atom. The van der Waals surface area contributed by atoms with Crippen LogP contribution in [0.15, 0.2) is 35.6 Å². The van der Waals surface area contributed by atoms with Gasteiger partial charge >= 0.3 is 0 Å². The van der Waals surface area contributed by atoms with Crippen molar-refractivity contribution < 1.29 is 19.4 Å². The second-order valence-electron chi connectivity index (χ2n) is 10.7. The molecular weight excluding hydrogens is 376 g/mol. The minimum atomic E-state index is -1.18. The Hall–Kier alpha value is -1.94. The van der Waals surface area contributed by atoms with Gasteiger partial charge in [0.15, 0.2) is 5.78 Å². The van der Waals surface area contributed by atoms with Crippen LogP contribution in [0.1, 0.15) is 85.6 Å². The van der Waals surface area contributed by atoms with Gasteiger partial charge in [-0.05, 0) is 30.2 Å². The summed E-state index contributed by atoms with van der Waals surface area (Å²) in [4.78, 5) is 26.5. The van der Waals surface area contributed by atoms with Crippen LogP contribution in [-0.4, -0.2) is 22.3 Å². The number of ketones is 2. The first-order valence-corrected chi connectivity index (χ1v) is 11.2. The number of fused-ring (bicyclic) bond motifs is 1. The molecule has 1 fully saturated rings. The molecule has 0 spiro atoms. The van der Waals surface area contributed by atoms with E-state index in [4.69, 9.17) is 4.74 Å². The van der Waals surface area contributed by atoms with Gasteiger partial charge in [-0.15, -0.1) is 0 Å². The molecule has 1 saturated carbocycles. The van der Waals surface area contributed by atoms with Gasteiger partial charge in [0.1, 0.15) is 17.3 Å². The van der Waals surface area contributed by atoms with Crippen molar-refractivity contribution in [1.29, 1.82) is 0 Å². The van der Waals surface area contributed by atoms with Gasteiger partial charge in [0.2, 0.25) is 0 Å². The number of carbonyl (C=O) groups excluding carboxylic acids is 2. The number of hydrogen-bond acceptors (Lipinski definition) is 4. The third kappa shape index (κ3) is 3.99. The van der Waals surface area contributed by atoms with E-state index < -0.39 is 17.4 Å². The van der Waals surface area contributed by atoms with Crippen LogP contribution in [-0.2, 0) is 9.59 Å². The summed E-state index contributed by atoms with van der Waals surface area (Å²) in [5.74, 6) is 0.373. The first-order chi connectivity index (χ1) is 13.9. The third-order valence-electron chi connectivity index (χ3n) is 6.52. The molecule has 3 aliphatic rings. The van der Waals surface area contributed by atoms with Gasteiger partial charge in [-0.25, -0.2) is 0 Å². The predicted octanol–water partition coefficient (Wildman–Crippen LogP) is 5.59. The monoisotopic (exact) mass is 412 g/mol. The zero-order chi connectivity index (χ0) is 22.5. The summed E-state index contributed by atoms with van der Waals surface area (Å²) in [5, 5.41) is 11.4. The van der Waals surface area contributed by atoms with Crippen LogP contribution in [0.25, 0.3) is 0 Å². The maximum absolute atomic E-state index is 13.3. The molecule has 1 aromatic rings. The molecule has 30 heavy (non-hydrogen) atoms. The van der Waals surface area contributed by atoms with E-state index in [1.165, 1.54) is 0 Å². The summed E-state index contributed by atoms with van der Waals surface area (Å²) in [6.45, 7) is 13.9. The standard InChI is InChI=1S/C24H30O4.C2H6/c1-22(2)10-15(25)20-18(12-22)28-17-9-7-6-8-14(17)19(20)21-16(26)11-23(3,4)13-24(21,5)27;1-2/h6-9,19,21,27H,10-13H2,1-5H3;1-2H3. The van der Waals surface area contributed by atoms with Crippen molar-refractivity contribution >= 4 is 11.6 Å². The zero-order valence-electron chi connectivity index (χ0n) is 19.5. The molecule has 3 atom stereocenters. The Bertz CT molecular complexity index is 888. The smallest absolute Gasteiger partial charge is 0.163 e. The van der Waals surface area contributed by atoms with Gasteiger partial charge in [-0.1, -0.05) is 59.7 Å². The van der Waals surface area contributed by atoms with Crippen LogP contribution in [0.4, 0.5) is 0 Å². The molecule has 3 unspecified atom stereocenters. The van der Waals surface area contributed by atoms with E-state index in [2.05, 4.69) is 13.8 Å². The Labute approximate surface area is 180 Å². The highest BCUT2D eigenvalue weighted by Crippen LogP contribution is 2.55. The zero-order valence-corrected chi connectivity index (χ0v) is 19.5. The van der Waals surface area contributed by atoms with Crippen LogP contribution >= 0.6 is 0 Å². The molecule has 0 aromatic heterocycles. The highest BCUT2D eigenvalue weighted by molar-refractivity contribution is 6.01. The second kappa shape index (κ2) is 7.64. The summed E-state index contributed by atoms with van der Waals surface area (Å²) in [5.41, 5.74) is -0.158. The first-order valence-electron chi connectivity index (χ1n) is 11.2. The highest BCUT2D eigenvalue weighted by Gasteiger charge is 2.55. The normalized spacial score (nSPS) is 31.7. The summed E-state index contributed by atoms with van der Waals surface area (Å²) in [7, 11) is 0. The van der Waals surface area contributed by atoms with Crippen LogP contribution in [0.2, 0.25) is 0 Å². The Morgan fingerprint density at radius 2 is 1.57 bits per heavy atom. The number of aliphatic hydroxyl groups is 1. The fraction of sp³-hybridized carbons (Fsp3) is 0.615. The number of carbonyl (C=O) groups is 2. The van der Waals surface area contributed by atoms with Gasteiger partial charge in [0.05, 0.1) is 11.5 Å². The third-order valence-corrected chi connectivity index (χ3v) is 6.52. The van der Waals surface area contributed by atoms with Crippen molar-refractivity contribution in [2.75, 3.05) is 0 Å². The maximum atomic E-state index is 13.3. The summed E-state index contributed by atoms with van der Waals surface area (Å²) in [6.07, 6.45) is 2.03. The van der Waals surface area contributed by atoms with Crippen molar-refractivity contribution in [3.63, 3.8) is 0 Å². The van der Waals surface area contributed by atoms with E-state index in [9.17, 15) is 14.7 Å². The Balaban J connectivity index is 0.00000124. The quantitative estimate of drug-likeness (QED) is 0.653. The fourth-order valence-corrected chi connectivity index (χ4v) is 5.80. The predicted molar refractivity (Wildman–Crippen MR) is 118 cm³/mol. The summed E-state index contributed by atoms with van der Waals surface area (Å²) >= 11 is 0. The van der Waals surface area contributed by atoms with E-state index in [0.29, 0.717) is 42.8 Å². The molecule has 4 nitrogen and oxygen atoms in total. The highest BCUT2D eigenvalue weighted by atomic mass is 16.5. The molecule has 2 aliphatic carbocycles. The number of allylic oxidation sites excluding steroid dienone is 2. The van der Waals surface area contributed by atoms with E-state index in [1.54, 1.807) is 6.92 Å². The maximum Gasteiger partial charge on any atom is 0.163 e. The van der Waals surface area contributed by atoms with E-state index in [0.717, 1.165) is 5.56 Å². The molecule has 4 rings (SSSR count). The topological polar surface area (TPSA) is 63.6 Å².